The van der Waals surface area contributed by atoms with Gasteiger partial charge in [-0.1, -0.05) is 0 Å². The predicted molar refractivity (Wildman–Crippen MR) is 90.2 cm³/mol. The van der Waals surface area contributed by atoms with E-state index < -0.39 is 0 Å². The van der Waals surface area contributed by atoms with Gasteiger partial charge in [0, 0.05) is 6.07 Å². The summed E-state index contributed by atoms with van der Waals surface area (Å²) in [6.07, 6.45) is 0.145. The van der Waals surface area contributed by atoms with Crippen molar-refractivity contribution >= 4 is 16.7 Å². The van der Waals surface area contributed by atoms with Crippen LogP contribution in [0.1, 0.15) is 20.8 Å². The topological polar surface area (TPSA) is 75.2 Å². The number of ether oxygens (including phenoxy) is 2. The van der Waals surface area contributed by atoms with Crippen LogP contribution < -0.4 is 15.2 Å². The Balaban J connectivity index is 1.93. The van der Waals surface area contributed by atoms with Crippen LogP contribution in [-0.2, 0) is 0 Å². The van der Waals surface area contributed by atoms with E-state index in [4.69, 9.17) is 15.2 Å². The summed E-state index contributed by atoms with van der Waals surface area (Å²) in [4.78, 5) is 1.58. The van der Waals surface area contributed by atoms with Crippen LogP contribution in [0.2, 0.25) is 0 Å². The molecule has 0 fully saturated rings. The summed E-state index contributed by atoms with van der Waals surface area (Å²) < 4.78 is 11.1. The van der Waals surface area contributed by atoms with Crippen molar-refractivity contribution in [2.75, 3.05) is 12.3 Å². The summed E-state index contributed by atoms with van der Waals surface area (Å²) in [5, 5.41) is 8.95. The largest absolute Gasteiger partial charge is 0.492 e. The number of hydrogen-bond donors (Lipinski definition) is 1. The molecule has 0 aliphatic carbocycles. The first kappa shape index (κ1) is 15.1. The van der Waals surface area contributed by atoms with Crippen LogP contribution in [0.5, 0.6) is 11.5 Å². The molecule has 0 saturated carbocycles. The van der Waals surface area contributed by atoms with E-state index in [0.717, 1.165) is 22.5 Å². The van der Waals surface area contributed by atoms with Crippen molar-refractivity contribution in [3.05, 3.63) is 36.4 Å². The van der Waals surface area contributed by atoms with Crippen LogP contribution in [0.15, 0.2) is 36.4 Å². The van der Waals surface area contributed by atoms with Gasteiger partial charge in [-0.25, -0.2) is 0 Å². The van der Waals surface area contributed by atoms with Crippen molar-refractivity contribution in [2.45, 2.75) is 26.9 Å². The molecule has 0 aliphatic rings. The Bertz CT molecular complexity index is 809. The Morgan fingerprint density at radius 3 is 2.35 bits per heavy atom. The highest BCUT2D eigenvalue weighted by molar-refractivity contribution is 5.81. The molecule has 6 heteroatoms. The highest BCUT2D eigenvalue weighted by Crippen LogP contribution is 2.27. The maximum atomic E-state index is 5.97. The molecule has 0 atom stereocenters. The second-order valence-electron chi connectivity index (χ2n) is 5.46. The van der Waals surface area contributed by atoms with Crippen LogP contribution in [0.3, 0.4) is 0 Å². The van der Waals surface area contributed by atoms with Gasteiger partial charge in [-0.15, -0.1) is 10.2 Å². The average molecular weight is 312 g/mol. The Morgan fingerprint density at radius 2 is 1.74 bits per heavy atom. The molecule has 3 rings (SSSR count). The van der Waals surface area contributed by atoms with Gasteiger partial charge < -0.3 is 15.2 Å². The van der Waals surface area contributed by atoms with Gasteiger partial charge in [0.05, 0.1) is 24.1 Å². The lowest BCUT2D eigenvalue weighted by molar-refractivity contribution is 0.242. The molecule has 23 heavy (non-hydrogen) atoms. The quantitative estimate of drug-likeness (QED) is 0.732. The lowest BCUT2D eigenvalue weighted by atomic mass is 10.2. The second kappa shape index (κ2) is 6.16. The first-order valence-electron chi connectivity index (χ1n) is 7.63. The summed E-state index contributed by atoms with van der Waals surface area (Å²) in [7, 11) is 0. The molecular weight excluding hydrogens is 292 g/mol. The predicted octanol–water partition coefficient (Wildman–Crippen LogP) is 3.19. The third kappa shape index (κ3) is 3.21. The highest BCUT2D eigenvalue weighted by atomic mass is 16.5. The fraction of sp³-hybridized carbons (Fsp3) is 0.294. The maximum Gasteiger partial charge on any atom is 0.144 e. The molecule has 1 heterocycles. The van der Waals surface area contributed by atoms with Crippen LogP contribution in [0.25, 0.3) is 16.7 Å². The minimum Gasteiger partial charge on any atom is -0.492 e. The second-order valence-corrected chi connectivity index (χ2v) is 5.46. The zero-order chi connectivity index (χ0) is 16.4. The lowest BCUT2D eigenvalue weighted by Gasteiger charge is -2.09. The Kier molecular flexibility index (Phi) is 4.06. The minimum atomic E-state index is 0.145. The number of aromatic nitrogens is 3. The van der Waals surface area contributed by atoms with Gasteiger partial charge in [0.25, 0.3) is 0 Å². The average Bonchev–Trinajstić information content (AvgIpc) is 2.91. The number of nitrogens with two attached hydrogens (primary N) is 1. The molecule has 2 N–H and O–H groups in total. The molecule has 6 nitrogen and oxygen atoms in total. The highest BCUT2D eigenvalue weighted by Gasteiger charge is 2.09. The molecular formula is C17H20N4O2. The Hall–Kier alpha value is -2.76. The summed E-state index contributed by atoms with van der Waals surface area (Å²) in [6, 6.07) is 11.2. The standard InChI is InChI=1S/C17H20N4O2/c1-4-22-17-10-16-15(9-14(17)18)19-21(20-16)12-5-7-13(8-6-12)23-11(2)3/h5-11H,4,18H2,1-3H3. The maximum absolute atomic E-state index is 5.97. The van der Waals surface area contributed by atoms with Crippen LogP contribution in [0.4, 0.5) is 5.69 Å². The van der Waals surface area contributed by atoms with Crippen LogP contribution in [-0.4, -0.2) is 27.7 Å². The summed E-state index contributed by atoms with van der Waals surface area (Å²) >= 11 is 0. The van der Waals surface area contributed by atoms with Gasteiger partial charge in [-0.05, 0) is 51.1 Å². The molecule has 0 aliphatic heterocycles. The number of nitrogens with zero attached hydrogens (tertiary/aromatic N) is 3. The molecule has 0 spiro atoms. The van der Waals surface area contributed by atoms with Gasteiger partial charge >= 0.3 is 0 Å². The molecule has 3 aromatic rings. The number of benzene rings is 2. The van der Waals surface area contributed by atoms with E-state index in [1.165, 1.54) is 0 Å². The summed E-state index contributed by atoms with van der Waals surface area (Å²) in [5.41, 5.74) is 8.86. The van der Waals surface area contributed by atoms with E-state index in [1.54, 1.807) is 10.9 Å². The number of nitrogen functional groups attached to an aromatic ring is 1. The third-order valence-electron chi connectivity index (χ3n) is 3.25. The van der Waals surface area contributed by atoms with E-state index in [9.17, 15) is 0 Å². The zero-order valence-electron chi connectivity index (χ0n) is 13.5. The summed E-state index contributed by atoms with van der Waals surface area (Å²) in [6.45, 7) is 6.47. The monoisotopic (exact) mass is 312 g/mol. The van der Waals surface area contributed by atoms with Gasteiger partial charge in [0.1, 0.15) is 22.5 Å². The molecule has 1 aromatic heterocycles. The lowest BCUT2D eigenvalue weighted by Crippen LogP contribution is -2.05. The van der Waals surface area contributed by atoms with E-state index in [2.05, 4.69) is 10.2 Å². The molecule has 0 radical (unpaired) electrons. The van der Waals surface area contributed by atoms with Gasteiger partial charge in [-0.2, -0.15) is 4.80 Å². The Morgan fingerprint density at radius 1 is 1.09 bits per heavy atom. The molecule has 2 aromatic carbocycles. The van der Waals surface area contributed by atoms with Crippen molar-refractivity contribution in [1.82, 2.24) is 15.0 Å². The van der Waals surface area contributed by atoms with Crippen molar-refractivity contribution in [2.24, 2.45) is 0 Å². The van der Waals surface area contributed by atoms with E-state index in [0.29, 0.717) is 18.0 Å². The van der Waals surface area contributed by atoms with Crippen molar-refractivity contribution in [3.63, 3.8) is 0 Å². The Labute approximate surface area is 134 Å². The first-order valence-corrected chi connectivity index (χ1v) is 7.63. The van der Waals surface area contributed by atoms with E-state index in [1.807, 2.05) is 51.1 Å². The molecule has 120 valence electrons. The minimum absolute atomic E-state index is 0.145. The third-order valence-corrected chi connectivity index (χ3v) is 3.25. The van der Waals surface area contributed by atoms with E-state index >= 15 is 0 Å². The number of rotatable bonds is 5. The number of hydrogen-bond acceptors (Lipinski definition) is 5. The number of fused-ring (bicyclic) bond motifs is 1. The van der Waals surface area contributed by atoms with Crippen molar-refractivity contribution in [3.8, 4) is 17.2 Å². The fourth-order valence-corrected chi connectivity index (χ4v) is 2.29. The van der Waals surface area contributed by atoms with Crippen LogP contribution in [0, 0.1) is 0 Å². The van der Waals surface area contributed by atoms with Crippen molar-refractivity contribution < 1.29 is 9.47 Å². The number of anilines is 1. The SMILES string of the molecule is CCOc1cc2nn(-c3ccc(OC(C)C)cc3)nc2cc1N. The molecule has 0 unspecified atom stereocenters. The van der Waals surface area contributed by atoms with Gasteiger partial charge in [0.15, 0.2) is 0 Å². The van der Waals surface area contributed by atoms with Gasteiger partial charge in [0.2, 0.25) is 0 Å². The molecule has 0 amide bonds. The van der Waals surface area contributed by atoms with Crippen molar-refractivity contribution in [1.29, 1.82) is 0 Å². The van der Waals surface area contributed by atoms with E-state index in [-0.39, 0.29) is 6.10 Å². The summed E-state index contributed by atoms with van der Waals surface area (Å²) in [5.74, 6) is 1.45. The molecule has 0 saturated heterocycles. The van der Waals surface area contributed by atoms with Crippen LogP contribution >= 0.6 is 0 Å². The smallest absolute Gasteiger partial charge is 0.144 e. The molecule has 0 bridgehead atoms. The zero-order valence-corrected chi connectivity index (χ0v) is 13.5. The fourth-order valence-electron chi connectivity index (χ4n) is 2.29. The first-order chi connectivity index (χ1) is 11.1. The van der Waals surface area contributed by atoms with Gasteiger partial charge in [-0.3, -0.25) is 0 Å². The normalized spacial score (nSPS) is 11.1.